The lowest BCUT2D eigenvalue weighted by Gasteiger charge is -2.32. The van der Waals surface area contributed by atoms with E-state index >= 15 is 0 Å². The van der Waals surface area contributed by atoms with Crippen molar-refractivity contribution in [3.63, 3.8) is 0 Å². The summed E-state index contributed by atoms with van der Waals surface area (Å²) in [4.78, 5) is 16.0. The fourth-order valence-electron chi connectivity index (χ4n) is 3.14. The first-order valence-electron chi connectivity index (χ1n) is 9.63. The van der Waals surface area contributed by atoms with Crippen molar-refractivity contribution in [2.45, 2.75) is 16.7 Å². The Morgan fingerprint density at radius 2 is 1.76 bits per heavy atom. The Morgan fingerprint density at radius 1 is 1.07 bits per heavy atom. The van der Waals surface area contributed by atoms with Crippen LogP contribution in [0.1, 0.15) is 15.9 Å². The largest absolute Gasteiger partial charge is 0.351 e. The number of benzene rings is 2. The van der Waals surface area contributed by atoms with Crippen LogP contribution < -0.4 is 5.32 Å². The van der Waals surface area contributed by atoms with Crippen LogP contribution in [0.3, 0.4) is 0 Å². The molecular weight excluding hydrogens is 406 g/mol. The molecule has 1 heterocycles. The lowest BCUT2D eigenvalue weighted by molar-refractivity contribution is 0.0956. The zero-order valence-corrected chi connectivity index (χ0v) is 18.4. The molecule has 1 aliphatic rings. The lowest BCUT2D eigenvalue weighted by Crippen LogP contribution is -2.47. The van der Waals surface area contributed by atoms with Gasteiger partial charge < -0.3 is 10.2 Å². The number of nitrogens with one attached hydrogen (secondary N) is 1. The molecule has 29 heavy (non-hydrogen) atoms. The van der Waals surface area contributed by atoms with E-state index in [1.807, 2.05) is 37.4 Å². The molecule has 1 aliphatic heterocycles. The van der Waals surface area contributed by atoms with E-state index in [4.69, 9.17) is 0 Å². The Morgan fingerprint density at radius 3 is 2.45 bits per heavy atom. The number of likely N-dealkylation sites (N-methyl/N-ethyl adjacent to an activating group) is 1. The van der Waals surface area contributed by atoms with Gasteiger partial charge in [-0.25, -0.2) is 8.42 Å². The molecule has 0 saturated carbocycles. The lowest BCUT2D eigenvalue weighted by atomic mass is 10.1. The van der Waals surface area contributed by atoms with Crippen LogP contribution in [-0.4, -0.2) is 69.1 Å². The molecule has 1 amide bonds. The van der Waals surface area contributed by atoms with Crippen LogP contribution >= 0.6 is 11.8 Å². The Bertz CT molecular complexity index is 941. The summed E-state index contributed by atoms with van der Waals surface area (Å²) >= 11 is 1.67. The first-order valence-corrected chi connectivity index (χ1v) is 12.1. The molecule has 0 atom stereocenters. The van der Waals surface area contributed by atoms with Gasteiger partial charge in [0.25, 0.3) is 5.91 Å². The maximum Gasteiger partial charge on any atom is 0.251 e. The SMILES string of the molecule is Cc1ccc(C(=O)NCCSc2ccccc2)cc1S(=O)(=O)N1CCN(C)CC1. The van der Waals surface area contributed by atoms with Gasteiger partial charge in [-0.2, -0.15) is 4.31 Å². The molecule has 156 valence electrons. The summed E-state index contributed by atoms with van der Waals surface area (Å²) in [5.41, 5.74) is 1.02. The smallest absolute Gasteiger partial charge is 0.251 e. The van der Waals surface area contributed by atoms with Gasteiger partial charge >= 0.3 is 0 Å². The molecule has 2 aromatic rings. The van der Waals surface area contributed by atoms with Crippen molar-refractivity contribution in [1.82, 2.24) is 14.5 Å². The zero-order chi connectivity index (χ0) is 20.9. The highest BCUT2D eigenvalue weighted by atomic mass is 32.2. The van der Waals surface area contributed by atoms with Crippen molar-refractivity contribution in [2.75, 3.05) is 45.5 Å². The van der Waals surface area contributed by atoms with Crippen LogP contribution in [0, 0.1) is 6.92 Å². The number of sulfonamides is 1. The van der Waals surface area contributed by atoms with Gasteiger partial charge in [0.2, 0.25) is 10.0 Å². The van der Waals surface area contributed by atoms with Gasteiger partial charge in [-0.15, -0.1) is 11.8 Å². The zero-order valence-electron chi connectivity index (χ0n) is 16.8. The first-order chi connectivity index (χ1) is 13.9. The van der Waals surface area contributed by atoms with Gasteiger partial charge in [0.1, 0.15) is 0 Å². The van der Waals surface area contributed by atoms with Crippen molar-refractivity contribution in [3.8, 4) is 0 Å². The maximum atomic E-state index is 13.1. The van der Waals surface area contributed by atoms with Crippen LogP contribution in [0.15, 0.2) is 58.3 Å². The average Bonchev–Trinajstić information content (AvgIpc) is 2.72. The van der Waals surface area contributed by atoms with Gasteiger partial charge in [0, 0.05) is 48.9 Å². The van der Waals surface area contributed by atoms with E-state index in [1.165, 1.54) is 10.4 Å². The van der Waals surface area contributed by atoms with Crippen LogP contribution in [0.5, 0.6) is 0 Å². The summed E-state index contributed by atoms with van der Waals surface area (Å²) in [5, 5.41) is 2.88. The normalized spacial score (nSPS) is 15.9. The molecule has 6 nitrogen and oxygen atoms in total. The second-order valence-corrected chi connectivity index (χ2v) is 10.2. The van der Waals surface area contributed by atoms with Crippen molar-refractivity contribution < 1.29 is 13.2 Å². The summed E-state index contributed by atoms with van der Waals surface area (Å²) in [5.74, 6) is 0.488. The highest BCUT2D eigenvalue weighted by Crippen LogP contribution is 2.22. The van der Waals surface area contributed by atoms with Gasteiger partial charge in [-0.1, -0.05) is 24.3 Å². The van der Waals surface area contributed by atoms with Crippen LogP contribution in [0.4, 0.5) is 0 Å². The Hall–Kier alpha value is -1.87. The summed E-state index contributed by atoms with van der Waals surface area (Å²) in [6, 6.07) is 14.9. The van der Waals surface area contributed by atoms with E-state index < -0.39 is 10.0 Å². The molecule has 0 bridgehead atoms. The first kappa shape index (κ1) is 21.8. The predicted octanol–water partition coefficient (Wildman–Crippen LogP) is 2.45. The second kappa shape index (κ2) is 9.75. The standard InChI is InChI=1S/C21H27N3O3S2/c1-17-8-9-18(21(25)22-10-15-28-19-6-4-3-5-7-19)16-20(17)29(26,27)24-13-11-23(2)12-14-24/h3-9,16H,10-15H2,1-2H3,(H,22,25). The van der Waals surface area contributed by atoms with Crippen LogP contribution in [-0.2, 0) is 10.0 Å². The fourth-order valence-corrected chi connectivity index (χ4v) is 5.60. The van der Waals surface area contributed by atoms with Gasteiger partial charge in [-0.05, 0) is 43.8 Å². The summed E-state index contributed by atoms with van der Waals surface area (Å²) in [6.45, 7) is 4.61. The minimum atomic E-state index is -3.61. The number of nitrogens with zero attached hydrogens (tertiary/aromatic N) is 2. The molecule has 0 unspecified atom stereocenters. The fraction of sp³-hybridized carbons (Fsp3) is 0.381. The van der Waals surface area contributed by atoms with E-state index in [1.54, 1.807) is 30.8 Å². The summed E-state index contributed by atoms with van der Waals surface area (Å²) in [7, 11) is -1.63. The Labute approximate surface area is 177 Å². The minimum absolute atomic E-state index is 0.216. The number of carbonyl (C=O) groups excluding carboxylic acids is 1. The van der Waals surface area contributed by atoms with Crippen LogP contribution in [0.2, 0.25) is 0 Å². The highest BCUT2D eigenvalue weighted by molar-refractivity contribution is 7.99. The quantitative estimate of drug-likeness (QED) is 0.537. The molecule has 0 spiro atoms. The van der Waals surface area contributed by atoms with E-state index in [0.717, 1.165) is 10.6 Å². The molecule has 1 N–H and O–H groups in total. The third-order valence-electron chi connectivity index (χ3n) is 4.93. The number of carbonyl (C=O) groups is 1. The molecular formula is C21H27N3O3S2. The molecule has 2 aromatic carbocycles. The number of piperazine rings is 1. The van der Waals surface area contributed by atoms with Crippen molar-refractivity contribution in [3.05, 3.63) is 59.7 Å². The number of aryl methyl sites for hydroxylation is 1. The van der Waals surface area contributed by atoms with Gasteiger partial charge in [0.15, 0.2) is 0 Å². The van der Waals surface area contributed by atoms with Gasteiger partial charge in [-0.3, -0.25) is 4.79 Å². The number of amides is 1. The van der Waals surface area contributed by atoms with E-state index in [-0.39, 0.29) is 10.8 Å². The molecule has 1 fully saturated rings. The number of thioether (sulfide) groups is 1. The Balaban J connectivity index is 1.64. The maximum absolute atomic E-state index is 13.1. The molecule has 1 saturated heterocycles. The molecule has 8 heteroatoms. The Kier molecular flexibility index (Phi) is 7.34. The van der Waals surface area contributed by atoms with E-state index in [9.17, 15) is 13.2 Å². The predicted molar refractivity (Wildman–Crippen MR) is 117 cm³/mol. The molecule has 0 aliphatic carbocycles. The van der Waals surface area contributed by atoms with Crippen molar-refractivity contribution in [2.24, 2.45) is 0 Å². The average molecular weight is 434 g/mol. The monoisotopic (exact) mass is 433 g/mol. The van der Waals surface area contributed by atoms with Gasteiger partial charge in [0.05, 0.1) is 4.90 Å². The summed E-state index contributed by atoms with van der Waals surface area (Å²) in [6.07, 6.45) is 0. The molecule has 0 aromatic heterocycles. The summed E-state index contributed by atoms with van der Waals surface area (Å²) < 4.78 is 27.7. The third-order valence-corrected chi connectivity index (χ3v) is 7.98. The van der Waals surface area contributed by atoms with E-state index in [2.05, 4.69) is 10.2 Å². The third kappa shape index (κ3) is 5.60. The number of hydrogen-bond donors (Lipinski definition) is 1. The van der Waals surface area contributed by atoms with Crippen molar-refractivity contribution >= 4 is 27.7 Å². The number of hydrogen-bond acceptors (Lipinski definition) is 5. The molecule has 3 rings (SSSR count). The minimum Gasteiger partial charge on any atom is -0.351 e. The topological polar surface area (TPSA) is 69.7 Å². The van der Waals surface area contributed by atoms with Crippen molar-refractivity contribution in [1.29, 1.82) is 0 Å². The molecule has 0 radical (unpaired) electrons. The number of rotatable bonds is 7. The van der Waals surface area contributed by atoms with Crippen LogP contribution in [0.25, 0.3) is 0 Å². The second-order valence-electron chi connectivity index (χ2n) is 7.11. The van der Waals surface area contributed by atoms with E-state index in [0.29, 0.717) is 43.9 Å². The highest BCUT2D eigenvalue weighted by Gasteiger charge is 2.29.